The van der Waals surface area contributed by atoms with Gasteiger partial charge in [0.2, 0.25) is 11.2 Å². The van der Waals surface area contributed by atoms with Crippen molar-refractivity contribution in [2.75, 3.05) is 0 Å². The molecule has 0 saturated carbocycles. The predicted molar refractivity (Wildman–Crippen MR) is 46.4 cm³/mol. The van der Waals surface area contributed by atoms with Crippen LogP contribution in [0.3, 0.4) is 0 Å². The minimum atomic E-state index is -0.0334. The summed E-state index contributed by atoms with van der Waals surface area (Å²) in [5.41, 5.74) is -0.0334. The summed E-state index contributed by atoms with van der Waals surface area (Å²) >= 11 is 1.31. The molecule has 1 aromatic heterocycles. The summed E-state index contributed by atoms with van der Waals surface area (Å²) in [7, 11) is 0. The van der Waals surface area contributed by atoms with E-state index in [1.54, 1.807) is 0 Å². The summed E-state index contributed by atoms with van der Waals surface area (Å²) in [5.74, 6) is 0. The Bertz CT molecular complexity index is 320. The van der Waals surface area contributed by atoms with Crippen molar-refractivity contribution < 1.29 is 4.79 Å². The van der Waals surface area contributed by atoms with Gasteiger partial charge in [-0.1, -0.05) is 32.1 Å². The number of aliphatic imine (C=N–C) groups is 1. The Kier molecular flexibility index (Phi) is 2.35. The van der Waals surface area contributed by atoms with E-state index in [-0.39, 0.29) is 5.41 Å². The van der Waals surface area contributed by atoms with Gasteiger partial charge in [-0.25, -0.2) is 4.79 Å². The molecule has 0 unspecified atom stereocenters. The van der Waals surface area contributed by atoms with E-state index in [0.717, 1.165) is 5.01 Å². The molecule has 5 heteroatoms. The third-order valence-electron chi connectivity index (χ3n) is 1.20. The summed E-state index contributed by atoms with van der Waals surface area (Å²) in [6.07, 6.45) is 1.43. The second-order valence-corrected chi connectivity index (χ2v) is 4.30. The van der Waals surface area contributed by atoms with Gasteiger partial charge in [-0.3, -0.25) is 0 Å². The highest BCUT2D eigenvalue weighted by Gasteiger charge is 2.18. The van der Waals surface area contributed by atoms with Crippen molar-refractivity contribution >= 4 is 22.5 Å². The first kappa shape index (κ1) is 9.03. The highest BCUT2D eigenvalue weighted by atomic mass is 32.1. The Labute approximate surface area is 74.4 Å². The van der Waals surface area contributed by atoms with Crippen LogP contribution in [0, 0.1) is 0 Å². The molecule has 0 bridgehead atoms. The molecule has 0 radical (unpaired) electrons. The van der Waals surface area contributed by atoms with Crippen LogP contribution in [0.1, 0.15) is 25.8 Å². The first-order valence-corrected chi connectivity index (χ1v) is 4.27. The second kappa shape index (κ2) is 3.13. The normalized spacial score (nSPS) is 10.9. The fourth-order valence-electron chi connectivity index (χ4n) is 0.603. The highest BCUT2D eigenvalue weighted by molar-refractivity contribution is 7.15. The maximum atomic E-state index is 9.88. The SMILES string of the molecule is CC(C)(C)c1nnc(N=C=O)s1. The van der Waals surface area contributed by atoms with Crippen LogP contribution in [0.15, 0.2) is 4.99 Å². The van der Waals surface area contributed by atoms with Gasteiger partial charge >= 0.3 is 0 Å². The van der Waals surface area contributed by atoms with E-state index >= 15 is 0 Å². The van der Waals surface area contributed by atoms with E-state index in [1.807, 2.05) is 20.8 Å². The van der Waals surface area contributed by atoms with Gasteiger partial charge in [-0.2, -0.15) is 0 Å². The van der Waals surface area contributed by atoms with Crippen LogP contribution in [-0.2, 0) is 10.2 Å². The molecule has 1 heterocycles. The number of carbonyl (C=O) groups excluding carboxylic acids is 1. The van der Waals surface area contributed by atoms with Crippen LogP contribution in [0.2, 0.25) is 0 Å². The van der Waals surface area contributed by atoms with E-state index in [4.69, 9.17) is 0 Å². The van der Waals surface area contributed by atoms with Gasteiger partial charge in [-0.15, -0.1) is 15.2 Å². The summed E-state index contributed by atoms with van der Waals surface area (Å²) < 4.78 is 0. The van der Waals surface area contributed by atoms with Crippen molar-refractivity contribution in [3.8, 4) is 0 Å². The number of rotatable bonds is 1. The summed E-state index contributed by atoms with van der Waals surface area (Å²) in [6, 6.07) is 0. The molecule has 1 rings (SSSR count). The third kappa shape index (κ3) is 1.96. The van der Waals surface area contributed by atoms with Gasteiger partial charge in [0.25, 0.3) is 0 Å². The first-order valence-electron chi connectivity index (χ1n) is 3.46. The van der Waals surface area contributed by atoms with Crippen LogP contribution in [-0.4, -0.2) is 16.3 Å². The molecule has 0 atom stereocenters. The maximum Gasteiger partial charge on any atom is 0.242 e. The summed E-state index contributed by atoms with van der Waals surface area (Å²) in [4.78, 5) is 13.3. The van der Waals surface area contributed by atoms with Crippen molar-refractivity contribution in [1.82, 2.24) is 10.2 Å². The smallest absolute Gasteiger partial charge is 0.211 e. The third-order valence-corrected chi connectivity index (χ3v) is 2.44. The lowest BCUT2D eigenvalue weighted by molar-refractivity contribution is 0.565. The lowest BCUT2D eigenvalue weighted by Crippen LogP contribution is -2.10. The van der Waals surface area contributed by atoms with Crippen molar-refractivity contribution in [3.63, 3.8) is 0 Å². The topological polar surface area (TPSA) is 55.2 Å². The number of hydrogen-bond donors (Lipinski definition) is 0. The minimum Gasteiger partial charge on any atom is -0.211 e. The summed E-state index contributed by atoms with van der Waals surface area (Å²) in [6.45, 7) is 6.09. The summed E-state index contributed by atoms with van der Waals surface area (Å²) in [5, 5.41) is 8.86. The molecule has 4 nitrogen and oxygen atoms in total. The van der Waals surface area contributed by atoms with Gasteiger partial charge in [0.15, 0.2) is 0 Å². The van der Waals surface area contributed by atoms with E-state index < -0.39 is 0 Å². The zero-order chi connectivity index (χ0) is 9.19. The quantitative estimate of drug-likeness (QED) is 0.492. The van der Waals surface area contributed by atoms with Gasteiger partial charge < -0.3 is 0 Å². The number of aromatic nitrogens is 2. The Morgan fingerprint density at radius 1 is 1.42 bits per heavy atom. The van der Waals surface area contributed by atoms with Crippen LogP contribution in [0.4, 0.5) is 5.13 Å². The lowest BCUT2D eigenvalue weighted by Gasteiger charge is -2.11. The molecule has 12 heavy (non-hydrogen) atoms. The number of nitrogens with zero attached hydrogens (tertiary/aromatic N) is 3. The fraction of sp³-hybridized carbons (Fsp3) is 0.571. The molecule has 0 N–H and O–H groups in total. The molecule has 0 spiro atoms. The maximum absolute atomic E-state index is 9.88. The Morgan fingerprint density at radius 2 is 2.08 bits per heavy atom. The number of hydrogen-bond acceptors (Lipinski definition) is 5. The molecule has 0 saturated heterocycles. The molecule has 0 aliphatic rings. The molecule has 0 fully saturated rings. The number of isocyanates is 1. The van der Waals surface area contributed by atoms with Crippen molar-refractivity contribution in [2.24, 2.45) is 4.99 Å². The van der Waals surface area contributed by atoms with E-state index in [9.17, 15) is 4.79 Å². The highest BCUT2D eigenvalue weighted by Crippen LogP contribution is 2.28. The molecule has 64 valence electrons. The Hall–Kier alpha value is -1.06. The standard InChI is InChI=1S/C7H9N3OS/c1-7(2,3)5-9-10-6(12-5)8-4-11/h1-3H3. The van der Waals surface area contributed by atoms with Crippen LogP contribution < -0.4 is 0 Å². The zero-order valence-corrected chi connectivity index (χ0v) is 7.97. The van der Waals surface area contributed by atoms with E-state index in [1.165, 1.54) is 17.4 Å². The largest absolute Gasteiger partial charge is 0.242 e. The molecule has 0 aromatic carbocycles. The Morgan fingerprint density at radius 3 is 2.50 bits per heavy atom. The minimum absolute atomic E-state index is 0.0334. The van der Waals surface area contributed by atoms with Gasteiger partial charge in [-0.05, 0) is 0 Å². The van der Waals surface area contributed by atoms with Crippen LogP contribution >= 0.6 is 11.3 Å². The average molecular weight is 183 g/mol. The lowest BCUT2D eigenvalue weighted by atomic mass is 9.98. The average Bonchev–Trinajstić information content (AvgIpc) is 2.35. The molecule has 1 aromatic rings. The van der Waals surface area contributed by atoms with Gasteiger partial charge in [0.1, 0.15) is 5.01 Å². The van der Waals surface area contributed by atoms with Crippen LogP contribution in [0.25, 0.3) is 0 Å². The molecule has 0 amide bonds. The van der Waals surface area contributed by atoms with Gasteiger partial charge in [0.05, 0.1) is 0 Å². The van der Waals surface area contributed by atoms with Crippen molar-refractivity contribution in [1.29, 1.82) is 0 Å². The second-order valence-electron chi connectivity index (χ2n) is 3.34. The molecule has 0 aliphatic heterocycles. The fourth-order valence-corrected chi connectivity index (χ4v) is 1.33. The molecule has 0 aliphatic carbocycles. The van der Waals surface area contributed by atoms with E-state index in [0.29, 0.717) is 5.13 Å². The Balaban J connectivity index is 2.99. The van der Waals surface area contributed by atoms with Crippen LogP contribution in [0.5, 0.6) is 0 Å². The zero-order valence-electron chi connectivity index (χ0n) is 7.16. The molecular weight excluding hydrogens is 174 g/mol. The first-order chi connectivity index (χ1) is 5.54. The van der Waals surface area contributed by atoms with Crippen molar-refractivity contribution in [2.45, 2.75) is 26.2 Å². The van der Waals surface area contributed by atoms with Crippen molar-refractivity contribution in [3.05, 3.63) is 5.01 Å². The molecular formula is C7H9N3OS. The predicted octanol–water partition coefficient (Wildman–Crippen LogP) is 1.80. The van der Waals surface area contributed by atoms with Gasteiger partial charge in [0, 0.05) is 5.41 Å². The monoisotopic (exact) mass is 183 g/mol. The van der Waals surface area contributed by atoms with E-state index in [2.05, 4.69) is 15.2 Å².